The standard InChI is InChI=1S/C20H24N6OS/c1-15-23-24-20(28-15)22-18(27)14-25-10-7-16(8-11-25)13-26-12-9-21-19(26)17-5-3-2-4-6-17/h2-6,9,12,16H,7-8,10-11,13-14H2,1H3,(H,22,24,27). The quantitative estimate of drug-likeness (QED) is 0.693. The van der Waals surface area contributed by atoms with Gasteiger partial charge in [-0.25, -0.2) is 4.98 Å². The van der Waals surface area contributed by atoms with Crippen LogP contribution in [0.3, 0.4) is 0 Å². The summed E-state index contributed by atoms with van der Waals surface area (Å²) < 4.78 is 2.25. The number of imidazole rings is 1. The Morgan fingerprint density at radius 1 is 1.21 bits per heavy atom. The summed E-state index contributed by atoms with van der Waals surface area (Å²) in [6.07, 6.45) is 6.10. The van der Waals surface area contributed by atoms with Gasteiger partial charge < -0.3 is 4.57 Å². The van der Waals surface area contributed by atoms with Gasteiger partial charge in [0.15, 0.2) is 0 Å². The molecule has 2 aromatic heterocycles. The summed E-state index contributed by atoms with van der Waals surface area (Å²) in [5, 5.41) is 12.1. The SMILES string of the molecule is Cc1nnc(NC(=O)CN2CCC(Cn3ccnc3-c3ccccc3)CC2)s1. The van der Waals surface area contributed by atoms with E-state index in [2.05, 4.69) is 48.3 Å². The first-order chi connectivity index (χ1) is 13.7. The van der Waals surface area contributed by atoms with Gasteiger partial charge in [-0.15, -0.1) is 10.2 Å². The van der Waals surface area contributed by atoms with Gasteiger partial charge in [0.2, 0.25) is 11.0 Å². The lowest BCUT2D eigenvalue weighted by atomic mass is 9.96. The van der Waals surface area contributed by atoms with E-state index in [1.54, 1.807) is 0 Å². The number of anilines is 1. The van der Waals surface area contributed by atoms with Crippen LogP contribution in [0.25, 0.3) is 11.4 Å². The van der Waals surface area contributed by atoms with Crippen molar-refractivity contribution < 1.29 is 4.79 Å². The number of aromatic nitrogens is 4. The lowest BCUT2D eigenvalue weighted by Crippen LogP contribution is -2.40. The van der Waals surface area contributed by atoms with Crippen molar-refractivity contribution in [3.8, 4) is 11.4 Å². The van der Waals surface area contributed by atoms with E-state index in [9.17, 15) is 4.79 Å². The zero-order valence-corrected chi connectivity index (χ0v) is 16.7. The largest absolute Gasteiger partial charge is 0.331 e. The first-order valence-corrected chi connectivity index (χ1v) is 10.4. The predicted molar refractivity (Wildman–Crippen MR) is 110 cm³/mol. The summed E-state index contributed by atoms with van der Waals surface area (Å²) in [6.45, 7) is 5.12. The van der Waals surface area contributed by atoms with E-state index in [-0.39, 0.29) is 5.91 Å². The maximum atomic E-state index is 12.2. The fourth-order valence-corrected chi connectivity index (χ4v) is 4.23. The summed E-state index contributed by atoms with van der Waals surface area (Å²) in [4.78, 5) is 19.0. The first kappa shape index (κ1) is 18.8. The Morgan fingerprint density at radius 3 is 2.71 bits per heavy atom. The van der Waals surface area contributed by atoms with Crippen LogP contribution >= 0.6 is 11.3 Å². The van der Waals surface area contributed by atoms with Crippen LogP contribution in [0.5, 0.6) is 0 Å². The van der Waals surface area contributed by atoms with Gasteiger partial charge in [-0.1, -0.05) is 41.7 Å². The number of carbonyl (C=O) groups excluding carboxylic acids is 1. The highest BCUT2D eigenvalue weighted by atomic mass is 32.1. The summed E-state index contributed by atoms with van der Waals surface area (Å²) in [7, 11) is 0. The molecule has 0 bridgehead atoms. The third-order valence-corrected chi connectivity index (χ3v) is 5.80. The van der Waals surface area contributed by atoms with Crippen LogP contribution in [-0.4, -0.2) is 50.2 Å². The highest BCUT2D eigenvalue weighted by Crippen LogP contribution is 2.23. The minimum atomic E-state index is -0.0180. The topological polar surface area (TPSA) is 75.9 Å². The molecule has 0 saturated carbocycles. The number of aryl methyl sites for hydroxylation is 1. The third-order valence-electron chi connectivity index (χ3n) is 5.05. The van der Waals surface area contributed by atoms with Gasteiger partial charge in [0.05, 0.1) is 6.54 Å². The number of rotatable bonds is 6. The van der Waals surface area contributed by atoms with Crippen LogP contribution in [0.1, 0.15) is 17.8 Å². The fourth-order valence-electron chi connectivity index (χ4n) is 3.62. The number of benzene rings is 1. The lowest BCUT2D eigenvalue weighted by Gasteiger charge is -2.31. The minimum Gasteiger partial charge on any atom is -0.331 e. The van der Waals surface area contributed by atoms with Gasteiger partial charge in [0.1, 0.15) is 10.8 Å². The average Bonchev–Trinajstić information content (AvgIpc) is 3.33. The predicted octanol–water partition coefficient (Wildman–Crippen LogP) is 3.06. The van der Waals surface area contributed by atoms with Crippen molar-refractivity contribution in [1.82, 2.24) is 24.6 Å². The van der Waals surface area contributed by atoms with Crippen molar-refractivity contribution in [2.75, 3.05) is 25.0 Å². The molecule has 1 N–H and O–H groups in total. The maximum absolute atomic E-state index is 12.2. The van der Waals surface area contributed by atoms with Gasteiger partial charge in [-0.05, 0) is 38.8 Å². The van der Waals surface area contributed by atoms with Crippen LogP contribution in [-0.2, 0) is 11.3 Å². The van der Waals surface area contributed by atoms with E-state index in [0.717, 1.165) is 48.9 Å². The van der Waals surface area contributed by atoms with E-state index in [0.29, 0.717) is 17.6 Å². The molecule has 1 fully saturated rings. The highest BCUT2D eigenvalue weighted by molar-refractivity contribution is 7.15. The molecule has 146 valence electrons. The molecule has 3 heterocycles. The Labute approximate surface area is 168 Å². The zero-order chi connectivity index (χ0) is 19.3. The summed E-state index contributed by atoms with van der Waals surface area (Å²) in [5.41, 5.74) is 1.15. The zero-order valence-electron chi connectivity index (χ0n) is 15.9. The molecule has 0 unspecified atom stereocenters. The Hall–Kier alpha value is -2.58. The Morgan fingerprint density at radius 2 is 2.00 bits per heavy atom. The monoisotopic (exact) mass is 396 g/mol. The summed E-state index contributed by atoms with van der Waals surface area (Å²) in [6, 6.07) is 10.3. The molecule has 1 aliphatic heterocycles. The number of nitrogens with zero attached hydrogens (tertiary/aromatic N) is 5. The molecule has 0 atom stereocenters. The van der Waals surface area contributed by atoms with Gasteiger partial charge in [0.25, 0.3) is 0 Å². The van der Waals surface area contributed by atoms with Crippen LogP contribution in [0.15, 0.2) is 42.7 Å². The first-order valence-electron chi connectivity index (χ1n) is 9.56. The minimum absolute atomic E-state index is 0.0180. The normalized spacial score (nSPS) is 15.6. The molecule has 7 nitrogen and oxygen atoms in total. The molecule has 0 radical (unpaired) electrons. The number of amides is 1. The number of likely N-dealkylation sites (tertiary alicyclic amines) is 1. The summed E-state index contributed by atoms with van der Waals surface area (Å²) >= 11 is 1.40. The smallest absolute Gasteiger partial charge is 0.240 e. The molecule has 1 saturated heterocycles. The molecule has 4 rings (SSSR count). The van der Waals surface area contributed by atoms with Gasteiger partial charge in [0, 0.05) is 24.5 Å². The lowest BCUT2D eigenvalue weighted by molar-refractivity contribution is -0.117. The fraction of sp³-hybridized carbons (Fsp3) is 0.400. The highest BCUT2D eigenvalue weighted by Gasteiger charge is 2.22. The number of piperidine rings is 1. The van der Waals surface area contributed by atoms with Crippen LogP contribution in [0, 0.1) is 12.8 Å². The molecular formula is C20H24N6OS. The van der Waals surface area contributed by atoms with Gasteiger partial charge >= 0.3 is 0 Å². The number of nitrogens with one attached hydrogen (secondary N) is 1. The van der Waals surface area contributed by atoms with Crippen molar-refractivity contribution in [2.24, 2.45) is 5.92 Å². The second-order valence-corrected chi connectivity index (χ2v) is 8.34. The number of hydrogen-bond acceptors (Lipinski definition) is 6. The molecule has 1 aromatic carbocycles. The third kappa shape index (κ3) is 4.63. The molecule has 1 amide bonds. The Kier molecular flexibility index (Phi) is 5.78. The van der Waals surface area contributed by atoms with E-state index in [1.807, 2.05) is 31.3 Å². The molecule has 1 aliphatic rings. The molecular weight excluding hydrogens is 372 g/mol. The second kappa shape index (κ2) is 8.62. The Balaban J connectivity index is 1.27. The number of carbonyl (C=O) groups is 1. The van der Waals surface area contributed by atoms with Crippen LogP contribution in [0.2, 0.25) is 0 Å². The number of hydrogen-bond donors (Lipinski definition) is 1. The molecule has 8 heteroatoms. The summed E-state index contributed by atoms with van der Waals surface area (Å²) in [5.74, 6) is 1.60. The van der Waals surface area contributed by atoms with E-state index < -0.39 is 0 Å². The second-order valence-electron chi connectivity index (χ2n) is 7.16. The van der Waals surface area contributed by atoms with Crippen molar-refractivity contribution in [1.29, 1.82) is 0 Å². The van der Waals surface area contributed by atoms with E-state index in [4.69, 9.17) is 0 Å². The van der Waals surface area contributed by atoms with E-state index in [1.165, 1.54) is 11.3 Å². The Bertz CT molecular complexity index is 914. The van der Waals surface area contributed by atoms with E-state index >= 15 is 0 Å². The van der Waals surface area contributed by atoms with Crippen molar-refractivity contribution in [3.05, 3.63) is 47.7 Å². The van der Waals surface area contributed by atoms with Crippen LogP contribution < -0.4 is 5.32 Å². The molecule has 0 spiro atoms. The maximum Gasteiger partial charge on any atom is 0.240 e. The molecule has 28 heavy (non-hydrogen) atoms. The molecule has 3 aromatic rings. The average molecular weight is 397 g/mol. The van der Waals surface area contributed by atoms with Gasteiger partial charge in [-0.2, -0.15) is 0 Å². The van der Waals surface area contributed by atoms with Crippen molar-refractivity contribution >= 4 is 22.4 Å². The van der Waals surface area contributed by atoms with Gasteiger partial charge in [-0.3, -0.25) is 15.0 Å². The van der Waals surface area contributed by atoms with Crippen molar-refractivity contribution in [3.63, 3.8) is 0 Å². The van der Waals surface area contributed by atoms with Crippen molar-refractivity contribution in [2.45, 2.75) is 26.3 Å². The molecule has 0 aliphatic carbocycles. The van der Waals surface area contributed by atoms with Crippen LogP contribution in [0.4, 0.5) is 5.13 Å².